The molecule has 0 aliphatic carbocycles. The van der Waals surface area contributed by atoms with Crippen LogP contribution in [0.4, 0.5) is 0 Å². The van der Waals surface area contributed by atoms with Crippen LogP contribution in [0.5, 0.6) is 0 Å². The highest BCUT2D eigenvalue weighted by atomic mass is 32.2. The minimum absolute atomic E-state index is 0.0758. The lowest BCUT2D eigenvalue weighted by Gasteiger charge is -2.24. The third kappa shape index (κ3) is 5.53. The average molecular weight is 429 g/mol. The van der Waals surface area contributed by atoms with Crippen LogP contribution in [0, 0.1) is 0 Å². The Morgan fingerprint density at radius 2 is 1.83 bits per heavy atom. The highest BCUT2D eigenvalue weighted by Gasteiger charge is 2.18. The molecule has 29 heavy (non-hydrogen) atoms. The van der Waals surface area contributed by atoms with Gasteiger partial charge in [0.2, 0.25) is 0 Å². The maximum Gasteiger partial charge on any atom is 0.251 e. The SMILES string of the molecule is CN(C)C(CNC(=O)c1cccc(CS(=O)(=O)c2ccccc2)c1)c1ccsc1. The Labute approximate surface area is 175 Å². The number of likely N-dealkylation sites (N-methyl/N-ethyl adjacent to an activating group) is 1. The number of hydrogen-bond acceptors (Lipinski definition) is 5. The van der Waals surface area contributed by atoms with Gasteiger partial charge >= 0.3 is 0 Å². The fourth-order valence-corrected chi connectivity index (χ4v) is 5.15. The Morgan fingerprint density at radius 1 is 1.07 bits per heavy atom. The predicted octanol–water partition coefficient (Wildman–Crippen LogP) is 3.75. The second-order valence-corrected chi connectivity index (χ2v) is 9.79. The maximum absolute atomic E-state index is 12.7. The third-order valence-electron chi connectivity index (χ3n) is 4.66. The van der Waals surface area contributed by atoms with Gasteiger partial charge in [-0.1, -0.05) is 30.3 Å². The first-order chi connectivity index (χ1) is 13.9. The van der Waals surface area contributed by atoms with E-state index in [0.717, 1.165) is 5.56 Å². The smallest absolute Gasteiger partial charge is 0.251 e. The summed E-state index contributed by atoms with van der Waals surface area (Å²) >= 11 is 1.63. The van der Waals surface area contributed by atoms with Gasteiger partial charge in [0.05, 0.1) is 16.7 Å². The van der Waals surface area contributed by atoms with E-state index in [1.54, 1.807) is 65.9 Å². The highest BCUT2D eigenvalue weighted by Crippen LogP contribution is 2.20. The van der Waals surface area contributed by atoms with Crippen molar-refractivity contribution in [2.75, 3.05) is 20.6 Å². The van der Waals surface area contributed by atoms with Gasteiger partial charge in [0.1, 0.15) is 0 Å². The molecule has 0 spiro atoms. The molecule has 1 aromatic heterocycles. The number of hydrogen-bond donors (Lipinski definition) is 1. The first kappa shape index (κ1) is 21.2. The Morgan fingerprint density at radius 3 is 2.48 bits per heavy atom. The molecular weight excluding hydrogens is 404 g/mol. The van der Waals surface area contributed by atoms with Crippen LogP contribution in [0.2, 0.25) is 0 Å². The summed E-state index contributed by atoms with van der Waals surface area (Å²) in [5.41, 5.74) is 2.19. The van der Waals surface area contributed by atoms with Crippen molar-refractivity contribution in [2.45, 2.75) is 16.7 Å². The molecule has 1 amide bonds. The van der Waals surface area contributed by atoms with E-state index >= 15 is 0 Å². The molecule has 3 aromatic rings. The van der Waals surface area contributed by atoms with Crippen molar-refractivity contribution in [1.82, 2.24) is 10.2 Å². The van der Waals surface area contributed by atoms with E-state index in [2.05, 4.69) is 21.7 Å². The minimum Gasteiger partial charge on any atom is -0.350 e. The summed E-state index contributed by atoms with van der Waals surface area (Å²) in [6.07, 6.45) is 0. The van der Waals surface area contributed by atoms with E-state index in [-0.39, 0.29) is 22.6 Å². The van der Waals surface area contributed by atoms with Crippen LogP contribution in [0.1, 0.15) is 27.5 Å². The van der Waals surface area contributed by atoms with Gasteiger partial charge in [0.25, 0.3) is 5.91 Å². The first-order valence-corrected chi connectivity index (χ1v) is 11.8. The number of carbonyl (C=O) groups excluding carboxylic acids is 1. The summed E-state index contributed by atoms with van der Waals surface area (Å²) in [5, 5.41) is 7.06. The standard InChI is InChI=1S/C22H24N2O3S2/c1-24(2)21(19-11-12-28-15-19)14-23-22(25)18-8-6-7-17(13-18)16-29(26,27)20-9-4-3-5-10-20/h3-13,15,21H,14,16H2,1-2H3,(H,23,25). The molecule has 0 bridgehead atoms. The summed E-state index contributed by atoms with van der Waals surface area (Å²) in [6, 6.07) is 17.3. The zero-order valence-electron chi connectivity index (χ0n) is 16.4. The molecule has 3 rings (SSSR count). The lowest BCUT2D eigenvalue weighted by atomic mass is 10.1. The molecule has 1 atom stereocenters. The van der Waals surface area contributed by atoms with E-state index in [0.29, 0.717) is 17.7 Å². The van der Waals surface area contributed by atoms with Gasteiger partial charge < -0.3 is 10.2 Å². The molecule has 1 N–H and O–H groups in total. The first-order valence-electron chi connectivity index (χ1n) is 9.20. The fraction of sp³-hybridized carbons (Fsp3) is 0.227. The number of benzene rings is 2. The normalized spacial score (nSPS) is 12.7. The van der Waals surface area contributed by atoms with Crippen LogP contribution in [0.25, 0.3) is 0 Å². The molecule has 0 saturated carbocycles. The van der Waals surface area contributed by atoms with E-state index in [4.69, 9.17) is 0 Å². The third-order valence-corrected chi connectivity index (χ3v) is 7.06. The van der Waals surface area contributed by atoms with Crippen LogP contribution in [0.15, 0.2) is 76.3 Å². The largest absolute Gasteiger partial charge is 0.350 e. The van der Waals surface area contributed by atoms with Crippen molar-refractivity contribution in [3.8, 4) is 0 Å². The van der Waals surface area contributed by atoms with E-state index in [1.807, 2.05) is 19.5 Å². The molecule has 7 heteroatoms. The molecule has 1 heterocycles. The molecule has 1 unspecified atom stereocenters. The van der Waals surface area contributed by atoms with Gasteiger partial charge in [0, 0.05) is 12.1 Å². The van der Waals surface area contributed by atoms with Gasteiger partial charge in [-0.15, -0.1) is 0 Å². The molecule has 5 nitrogen and oxygen atoms in total. The number of rotatable bonds is 8. The number of nitrogens with one attached hydrogen (secondary N) is 1. The molecule has 0 aliphatic rings. The monoisotopic (exact) mass is 428 g/mol. The molecule has 152 valence electrons. The zero-order valence-corrected chi connectivity index (χ0v) is 18.0. The molecule has 0 saturated heterocycles. The van der Waals surface area contributed by atoms with Crippen molar-refractivity contribution in [3.63, 3.8) is 0 Å². The predicted molar refractivity (Wildman–Crippen MR) is 117 cm³/mol. The molecule has 0 radical (unpaired) electrons. The Bertz CT molecular complexity index is 1050. The van der Waals surface area contributed by atoms with Crippen LogP contribution < -0.4 is 5.32 Å². The lowest BCUT2D eigenvalue weighted by Crippen LogP contribution is -2.34. The van der Waals surface area contributed by atoms with Crippen LogP contribution in [-0.4, -0.2) is 39.9 Å². The van der Waals surface area contributed by atoms with Crippen molar-refractivity contribution in [1.29, 1.82) is 0 Å². The van der Waals surface area contributed by atoms with E-state index < -0.39 is 9.84 Å². The Kier molecular flexibility index (Phi) is 6.84. The fourth-order valence-electron chi connectivity index (χ4n) is 3.09. The van der Waals surface area contributed by atoms with Crippen LogP contribution >= 0.6 is 11.3 Å². The van der Waals surface area contributed by atoms with Gasteiger partial charge in [-0.3, -0.25) is 4.79 Å². The highest BCUT2D eigenvalue weighted by molar-refractivity contribution is 7.90. The van der Waals surface area contributed by atoms with Gasteiger partial charge in [-0.05, 0) is 66.3 Å². The van der Waals surface area contributed by atoms with Crippen LogP contribution in [0.3, 0.4) is 0 Å². The second kappa shape index (κ2) is 9.35. The number of sulfone groups is 1. The molecule has 2 aromatic carbocycles. The van der Waals surface area contributed by atoms with E-state index in [1.165, 1.54) is 0 Å². The number of thiophene rings is 1. The summed E-state index contributed by atoms with van der Waals surface area (Å²) in [4.78, 5) is 15.0. The quantitative estimate of drug-likeness (QED) is 0.593. The number of nitrogens with zero attached hydrogens (tertiary/aromatic N) is 1. The second-order valence-electron chi connectivity index (χ2n) is 7.02. The molecule has 0 aliphatic heterocycles. The Hall–Kier alpha value is -2.48. The molecular formula is C22H24N2O3S2. The van der Waals surface area contributed by atoms with Crippen molar-refractivity contribution in [3.05, 3.63) is 88.1 Å². The summed E-state index contributed by atoms with van der Waals surface area (Å²) in [6.45, 7) is 0.467. The summed E-state index contributed by atoms with van der Waals surface area (Å²) in [5.74, 6) is -0.362. The van der Waals surface area contributed by atoms with E-state index in [9.17, 15) is 13.2 Å². The summed E-state index contributed by atoms with van der Waals surface area (Å²) < 4.78 is 25.2. The Balaban J connectivity index is 1.69. The minimum atomic E-state index is -3.46. The van der Waals surface area contributed by atoms with Crippen molar-refractivity contribution in [2.24, 2.45) is 0 Å². The number of carbonyl (C=O) groups is 1. The van der Waals surface area contributed by atoms with Gasteiger partial charge in [-0.2, -0.15) is 11.3 Å². The summed E-state index contributed by atoms with van der Waals surface area (Å²) in [7, 11) is 0.492. The van der Waals surface area contributed by atoms with Crippen molar-refractivity contribution >= 4 is 27.1 Å². The topological polar surface area (TPSA) is 66.5 Å². The number of amides is 1. The van der Waals surface area contributed by atoms with Crippen LogP contribution in [-0.2, 0) is 15.6 Å². The average Bonchev–Trinajstić information content (AvgIpc) is 3.23. The lowest BCUT2D eigenvalue weighted by molar-refractivity contribution is 0.0942. The van der Waals surface area contributed by atoms with Gasteiger partial charge in [0.15, 0.2) is 9.84 Å². The molecule has 0 fully saturated rings. The van der Waals surface area contributed by atoms with Gasteiger partial charge in [-0.25, -0.2) is 8.42 Å². The zero-order chi connectivity index (χ0) is 20.9. The van der Waals surface area contributed by atoms with Crippen molar-refractivity contribution < 1.29 is 13.2 Å². The maximum atomic E-state index is 12.7.